The van der Waals surface area contributed by atoms with Crippen molar-refractivity contribution in [1.29, 1.82) is 0 Å². The highest BCUT2D eigenvalue weighted by atomic mass is 32.1. The summed E-state index contributed by atoms with van der Waals surface area (Å²) in [5, 5.41) is 2.95. The average molecular weight is 257 g/mol. The molecule has 1 nitrogen and oxygen atoms in total. The Kier molecular flexibility index (Phi) is 3.49. The van der Waals surface area contributed by atoms with Gasteiger partial charge in [0.1, 0.15) is 5.82 Å². The molecule has 0 spiro atoms. The lowest BCUT2D eigenvalue weighted by atomic mass is 10.1. The fourth-order valence-corrected chi connectivity index (χ4v) is 2.56. The van der Waals surface area contributed by atoms with Crippen molar-refractivity contribution in [1.82, 2.24) is 5.32 Å². The first kappa shape index (κ1) is 12.1. The molecular formula is C12H10F3NS. The number of hydrogen-bond acceptors (Lipinski definition) is 2. The second kappa shape index (κ2) is 4.89. The van der Waals surface area contributed by atoms with Crippen LogP contribution in [0.3, 0.4) is 0 Å². The van der Waals surface area contributed by atoms with Crippen molar-refractivity contribution in [2.24, 2.45) is 0 Å². The first-order valence-electron chi connectivity index (χ1n) is 5.00. The summed E-state index contributed by atoms with van der Waals surface area (Å²) in [5.41, 5.74) is -0.0325. The van der Waals surface area contributed by atoms with Crippen LogP contribution in [0.2, 0.25) is 0 Å². The maximum atomic E-state index is 13.5. The first-order chi connectivity index (χ1) is 8.11. The van der Waals surface area contributed by atoms with Gasteiger partial charge in [-0.3, -0.25) is 0 Å². The van der Waals surface area contributed by atoms with E-state index < -0.39 is 17.5 Å². The lowest BCUT2D eigenvalue weighted by molar-refractivity contribution is 0.498. The molecule has 0 amide bonds. The molecule has 5 heteroatoms. The highest BCUT2D eigenvalue weighted by Gasteiger charge is 2.14. The summed E-state index contributed by atoms with van der Waals surface area (Å²) < 4.78 is 39.6. The number of nitrogens with one attached hydrogen (secondary N) is 1. The smallest absolute Gasteiger partial charge is 0.167 e. The van der Waals surface area contributed by atoms with Crippen LogP contribution in [0.4, 0.5) is 13.2 Å². The highest BCUT2D eigenvalue weighted by molar-refractivity contribution is 7.15. The Hall–Kier alpha value is -1.33. The van der Waals surface area contributed by atoms with E-state index in [0.29, 0.717) is 17.5 Å². The number of benzene rings is 1. The van der Waals surface area contributed by atoms with E-state index in [0.717, 1.165) is 10.9 Å². The van der Waals surface area contributed by atoms with E-state index in [-0.39, 0.29) is 5.56 Å². The molecule has 0 aliphatic rings. The van der Waals surface area contributed by atoms with Crippen molar-refractivity contribution in [3.05, 3.63) is 46.6 Å². The predicted molar refractivity (Wildman–Crippen MR) is 62.4 cm³/mol. The van der Waals surface area contributed by atoms with Gasteiger partial charge in [0.2, 0.25) is 0 Å². The summed E-state index contributed by atoms with van der Waals surface area (Å²) in [7, 11) is 1.79. The van der Waals surface area contributed by atoms with Crippen LogP contribution in [0.5, 0.6) is 0 Å². The molecular weight excluding hydrogens is 247 g/mol. The van der Waals surface area contributed by atoms with E-state index in [4.69, 9.17) is 0 Å². The lowest BCUT2D eigenvalue weighted by Gasteiger charge is -2.01. The van der Waals surface area contributed by atoms with Crippen LogP contribution >= 0.6 is 11.3 Å². The van der Waals surface area contributed by atoms with E-state index in [1.165, 1.54) is 11.3 Å². The van der Waals surface area contributed by atoms with Crippen molar-refractivity contribution < 1.29 is 13.2 Å². The molecule has 2 aromatic rings. The topological polar surface area (TPSA) is 12.0 Å². The average Bonchev–Trinajstić information content (AvgIpc) is 2.72. The van der Waals surface area contributed by atoms with Crippen LogP contribution in [-0.2, 0) is 6.54 Å². The van der Waals surface area contributed by atoms with Crippen LogP contribution in [0, 0.1) is 17.5 Å². The summed E-state index contributed by atoms with van der Waals surface area (Å²) in [6.45, 7) is 0.643. The Bertz CT molecular complexity index is 537. The Labute approximate surface area is 101 Å². The summed E-state index contributed by atoms with van der Waals surface area (Å²) in [6, 6.07) is 5.02. The van der Waals surface area contributed by atoms with Crippen LogP contribution in [0.1, 0.15) is 4.88 Å². The molecule has 0 radical (unpaired) electrons. The molecule has 0 saturated carbocycles. The maximum absolute atomic E-state index is 13.5. The standard InChI is InChI=1S/C12H10F3NS/c1-16-6-8-2-3-11(17-8)9-4-7(13)5-10(14)12(9)15/h2-5,16H,6H2,1H3. The lowest BCUT2D eigenvalue weighted by Crippen LogP contribution is -2.02. The summed E-state index contributed by atoms with van der Waals surface area (Å²) in [5.74, 6) is -2.95. The highest BCUT2D eigenvalue weighted by Crippen LogP contribution is 2.31. The molecule has 0 atom stereocenters. The van der Waals surface area contributed by atoms with Gasteiger partial charge in [-0.15, -0.1) is 11.3 Å². The zero-order chi connectivity index (χ0) is 12.4. The van der Waals surface area contributed by atoms with Crippen LogP contribution in [0.25, 0.3) is 10.4 Å². The second-order valence-corrected chi connectivity index (χ2v) is 4.71. The molecule has 1 aromatic heterocycles. The summed E-state index contributed by atoms with van der Waals surface area (Å²) in [6.07, 6.45) is 0. The van der Waals surface area contributed by atoms with E-state index in [9.17, 15) is 13.2 Å². The maximum Gasteiger partial charge on any atom is 0.167 e. The zero-order valence-electron chi connectivity index (χ0n) is 9.06. The van der Waals surface area contributed by atoms with Crippen LogP contribution in [0.15, 0.2) is 24.3 Å². The number of rotatable bonds is 3. The number of hydrogen-bond donors (Lipinski definition) is 1. The monoisotopic (exact) mass is 257 g/mol. The van der Waals surface area contributed by atoms with Crippen molar-refractivity contribution in [2.45, 2.75) is 6.54 Å². The molecule has 0 aliphatic heterocycles. The third-order valence-corrected chi connectivity index (χ3v) is 3.39. The van der Waals surface area contributed by atoms with E-state index in [1.807, 2.05) is 0 Å². The molecule has 0 bridgehead atoms. The largest absolute Gasteiger partial charge is 0.315 e. The van der Waals surface area contributed by atoms with Gasteiger partial charge in [0, 0.05) is 27.9 Å². The third kappa shape index (κ3) is 2.50. The fourth-order valence-electron chi connectivity index (χ4n) is 1.53. The molecule has 0 fully saturated rings. The van der Waals surface area contributed by atoms with Crippen molar-refractivity contribution in [3.8, 4) is 10.4 Å². The fraction of sp³-hybridized carbons (Fsp3) is 0.167. The molecule has 1 aromatic carbocycles. The Morgan fingerprint density at radius 3 is 2.65 bits per heavy atom. The SMILES string of the molecule is CNCc1ccc(-c2cc(F)cc(F)c2F)s1. The van der Waals surface area contributed by atoms with Gasteiger partial charge in [-0.05, 0) is 25.2 Å². The number of thiophene rings is 1. The molecule has 0 saturated heterocycles. The molecule has 0 aliphatic carbocycles. The van der Waals surface area contributed by atoms with E-state index in [1.54, 1.807) is 19.2 Å². The molecule has 0 unspecified atom stereocenters. The Morgan fingerprint density at radius 1 is 1.18 bits per heavy atom. The molecule has 1 heterocycles. The zero-order valence-corrected chi connectivity index (χ0v) is 9.88. The van der Waals surface area contributed by atoms with Crippen molar-refractivity contribution in [3.63, 3.8) is 0 Å². The molecule has 90 valence electrons. The summed E-state index contributed by atoms with van der Waals surface area (Å²) >= 11 is 1.31. The first-order valence-corrected chi connectivity index (χ1v) is 5.81. The molecule has 1 N–H and O–H groups in total. The minimum absolute atomic E-state index is 0.0325. The quantitative estimate of drug-likeness (QED) is 0.829. The van der Waals surface area contributed by atoms with E-state index >= 15 is 0 Å². The Balaban J connectivity index is 2.44. The minimum Gasteiger partial charge on any atom is -0.315 e. The summed E-state index contributed by atoms with van der Waals surface area (Å²) in [4.78, 5) is 1.50. The van der Waals surface area contributed by atoms with Crippen molar-refractivity contribution in [2.75, 3.05) is 7.05 Å². The van der Waals surface area contributed by atoms with Gasteiger partial charge in [-0.25, -0.2) is 13.2 Å². The van der Waals surface area contributed by atoms with E-state index in [2.05, 4.69) is 5.32 Å². The van der Waals surface area contributed by atoms with Gasteiger partial charge in [-0.2, -0.15) is 0 Å². The normalized spacial score (nSPS) is 10.8. The minimum atomic E-state index is -1.16. The van der Waals surface area contributed by atoms with Gasteiger partial charge < -0.3 is 5.32 Å². The third-order valence-electron chi connectivity index (χ3n) is 2.27. The van der Waals surface area contributed by atoms with Gasteiger partial charge in [-0.1, -0.05) is 0 Å². The second-order valence-electron chi connectivity index (χ2n) is 3.55. The number of halogens is 3. The van der Waals surface area contributed by atoms with Crippen molar-refractivity contribution >= 4 is 11.3 Å². The van der Waals surface area contributed by atoms with Crippen LogP contribution < -0.4 is 5.32 Å². The van der Waals surface area contributed by atoms with Gasteiger partial charge >= 0.3 is 0 Å². The van der Waals surface area contributed by atoms with Gasteiger partial charge in [0.05, 0.1) is 0 Å². The van der Waals surface area contributed by atoms with Crippen LogP contribution in [-0.4, -0.2) is 7.05 Å². The van der Waals surface area contributed by atoms with Gasteiger partial charge in [0.25, 0.3) is 0 Å². The Morgan fingerprint density at radius 2 is 1.94 bits per heavy atom. The molecule has 2 rings (SSSR count). The van der Waals surface area contributed by atoms with Gasteiger partial charge in [0.15, 0.2) is 11.6 Å². The molecule has 17 heavy (non-hydrogen) atoms. The predicted octanol–water partition coefficient (Wildman–Crippen LogP) is 3.55.